The van der Waals surface area contributed by atoms with Crippen LogP contribution in [0.4, 0.5) is 0 Å². The van der Waals surface area contributed by atoms with E-state index >= 15 is 0 Å². The molecular formula is C20H33NO2. The Kier molecular flexibility index (Phi) is 3.54. The zero-order valence-electron chi connectivity index (χ0n) is 14.7. The normalized spacial score (nSPS) is 59.2. The molecule has 0 aromatic heterocycles. The fraction of sp³-hybridized carbons (Fsp3) is 0.900. The van der Waals surface area contributed by atoms with Crippen LogP contribution in [0.3, 0.4) is 0 Å². The monoisotopic (exact) mass is 319 g/mol. The summed E-state index contributed by atoms with van der Waals surface area (Å²) in [6, 6.07) is 0.187. The van der Waals surface area contributed by atoms with Crippen LogP contribution in [0.15, 0.2) is 12.2 Å². The highest BCUT2D eigenvalue weighted by molar-refractivity contribution is 5.23. The number of aliphatic hydroxyl groups is 2. The number of rotatable bonds is 0. The minimum absolute atomic E-state index is 0.143. The summed E-state index contributed by atoms with van der Waals surface area (Å²) < 4.78 is 0. The van der Waals surface area contributed by atoms with E-state index in [1.807, 2.05) is 0 Å². The first kappa shape index (κ1) is 16.1. The first-order valence-corrected chi connectivity index (χ1v) is 9.59. The smallest absolute Gasteiger partial charge is 0.0836 e. The van der Waals surface area contributed by atoms with Gasteiger partial charge in [-0.3, -0.25) is 0 Å². The Hall–Kier alpha value is -0.380. The van der Waals surface area contributed by atoms with Gasteiger partial charge in [0.15, 0.2) is 0 Å². The van der Waals surface area contributed by atoms with Crippen molar-refractivity contribution in [1.82, 2.24) is 0 Å². The van der Waals surface area contributed by atoms with Gasteiger partial charge < -0.3 is 15.9 Å². The zero-order chi connectivity index (χ0) is 16.6. The second kappa shape index (κ2) is 5.06. The number of fused-ring (bicyclic) bond motifs is 5. The van der Waals surface area contributed by atoms with Crippen molar-refractivity contribution in [3.05, 3.63) is 12.2 Å². The number of aliphatic hydroxyl groups excluding tert-OH is 2. The average molecular weight is 319 g/mol. The Morgan fingerprint density at radius 3 is 2.48 bits per heavy atom. The molecular weight excluding hydrogens is 286 g/mol. The van der Waals surface area contributed by atoms with Crippen LogP contribution in [-0.2, 0) is 0 Å². The Morgan fingerprint density at radius 1 is 1.00 bits per heavy atom. The van der Waals surface area contributed by atoms with Gasteiger partial charge in [0.2, 0.25) is 0 Å². The fourth-order valence-electron chi connectivity index (χ4n) is 7.20. The molecule has 0 bridgehead atoms. The average Bonchev–Trinajstić information content (AvgIpc) is 2.82. The molecule has 0 spiro atoms. The highest BCUT2D eigenvalue weighted by atomic mass is 16.3. The van der Waals surface area contributed by atoms with Gasteiger partial charge in [-0.1, -0.05) is 26.0 Å². The van der Waals surface area contributed by atoms with Gasteiger partial charge in [0.25, 0.3) is 0 Å². The molecule has 1 unspecified atom stereocenters. The van der Waals surface area contributed by atoms with E-state index in [2.05, 4.69) is 20.4 Å². The molecule has 0 radical (unpaired) electrons. The van der Waals surface area contributed by atoms with Crippen LogP contribution in [0.1, 0.15) is 58.8 Å². The number of nitrogens with two attached hydrogens (primary N) is 1. The molecule has 0 amide bonds. The second-order valence-corrected chi connectivity index (χ2v) is 9.52. The van der Waals surface area contributed by atoms with Crippen LogP contribution in [0.25, 0.3) is 0 Å². The third kappa shape index (κ3) is 1.99. The standard InChI is InChI=1S/C20H33NO2/c1-11-4-5-13-16-14(7-9-19(11,13)2)20(3)8-6-12(21)10-15(20)17(22)18(16)23/h12-18,22-23H,1,4-10,21H2,2-3H3/t12-,13-,14-,15+,16?,17+,18+,19+,20+/m0/s1. The highest BCUT2D eigenvalue weighted by Gasteiger charge is 2.63. The van der Waals surface area contributed by atoms with Crippen molar-refractivity contribution in [3.8, 4) is 0 Å². The molecule has 4 saturated carbocycles. The lowest BCUT2D eigenvalue weighted by Gasteiger charge is -2.63. The maximum Gasteiger partial charge on any atom is 0.0836 e. The summed E-state index contributed by atoms with van der Waals surface area (Å²) in [5.41, 5.74) is 7.89. The minimum atomic E-state index is -0.608. The minimum Gasteiger partial charge on any atom is -0.390 e. The predicted octanol–water partition coefficient (Wildman–Crippen LogP) is 2.85. The van der Waals surface area contributed by atoms with Gasteiger partial charge >= 0.3 is 0 Å². The lowest BCUT2D eigenvalue weighted by molar-refractivity contribution is -0.210. The molecule has 0 aromatic rings. The van der Waals surface area contributed by atoms with Gasteiger partial charge in [0, 0.05) is 6.04 Å². The van der Waals surface area contributed by atoms with E-state index in [4.69, 9.17) is 5.73 Å². The summed E-state index contributed by atoms with van der Waals surface area (Å²) in [5, 5.41) is 22.0. The van der Waals surface area contributed by atoms with E-state index in [1.165, 1.54) is 18.4 Å². The Morgan fingerprint density at radius 2 is 1.74 bits per heavy atom. The van der Waals surface area contributed by atoms with Crippen LogP contribution < -0.4 is 5.73 Å². The largest absolute Gasteiger partial charge is 0.390 e. The van der Waals surface area contributed by atoms with Gasteiger partial charge in [0.1, 0.15) is 0 Å². The third-order valence-electron chi connectivity index (χ3n) is 8.75. The summed E-state index contributed by atoms with van der Waals surface area (Å²) in [6.07, 6.45) is 6.45. The highest BCUT2D eigenvalue weighted by Crippen LogP contribution is 2.66. The molecule has 130 valence electrons. The van der Waals surface area contributed by atoms with Gasteiger partial charge in [0.05, 0.1) is 12.2 Å². The molecule has 4 fully saturated rings. The maximum atomic E-state index is 11.0. The Bertz CT molecular complexity index is 520. The van der Waals surface area contributed by atoms with E-state index in [0.29, 0.717) is 11.8 Å². The molecule has 4 rings (SSSR count). The summed E-state index contributed by atoms with van der Waals surface area (Å²) in [6.45, 7) is 9.07. The van der Waals surface area contributed by atoms with E-state index < -0.39 is 12.2 Å². The van der Waals surface area contributed by atoms with Crippen molar-refractivity contribution >= 4 is 0 Å². The topological polar surface area (TPSA) is 66.5 Å². The molecule has 0 heterocycles. The first-order valence-electron chi connectivity index (χ1n) is 9.59. The quantitative estimate of drug-likeness (QED) is 0.602. The van der Waals surface area contributed by atoms with Crippen molar-refractivity contribution in [2.24, 2.45) is 40.2 Å². The van der Waals surface area contributed by atoms with Crippen LogP contribution in [-0.4, -0.2) is 28.5 Å². The van der Waals surface area contributed by atoms with Crippen molar-refractivity contribution in [3.63, 3.8) is 0 Å². The second-order valence-electron chi connectivity index (χ2n) is 9.52. The number of hydrogen-bond acceptors (Lipinski definition) is 3. The predicted molar refractivity (Wildman–Crippen MR) is 91.6 cm³/mol. The Labute approximate surface area is 140 Å². The Balaban J connectivity index is 1.73. The van der Waals surface area contributed by atoms with Crippen LogP contribution in [0, 0.1) is 34.5 Å². The molecule has 3 heteroatoms. The zero-order valence-corrected chi connectivity index (χ0v) is 14.7. The molecule has 0 saturated heterocycles. The van der Waals surface area contributed by atoms with E-state index in [-0.39, 0.29) is 28.7 Å². The SMILES string of the molecule is C=C1CC[C@H]2C3[C@@H](O)[C@H](O)[C@H]4C[C@@H](N)CC[C@]4(C)[C@H]3CC[C@]12C. The van der Waals surface area contributed by atoms with Crippen LogP contribution >= 0.6 is 0 Å². The van der Waals surface area contributed by atoms with Crippen LogP contribution in [0.5, 0.6) is 0 Å². The summed E-state index contributed by atoms with van der Waals surface area (Å²) in [5.74, 6) is 1.42. The molecule has 0 aromatic carbocycles. The van der Waals surface area contributed by atoms with E-state index in [0.717, 1.165) is 32.1 Å². The van der Waals surface area contributed by atoms with Gasteiger partial charge in [-0.2, -0.15) is 0 Å². The van der Waals surface area contributed by atoms with Crippen molar-refractivity contribution in [2.45, 2.75) is 77.0 Å². The van der Waals surface area contributed by atoms with Crippen molar-refractivity contribution < 1.29 is 10.2 Å². The molecule has 4 aliphatic rings. The lowest BCUT2D eigenvalue weighted by atomic mass is 9.43. The molecule has 3 nitrogen and oxygen atoms in total. The van der Waals surface area contributed by atoms with E-state index in [9.17, 15) is 10.2 Å². The fourth-order valence-corrected chi connectivity index (χ4v) is 7.20. The van der Waals surface area contributed by atoms with Crippen LogP contribution in [0.2, 0.25) is 0 Å². The molecule has 9 atom stereocenters. The third-order valence-corrected chi connectivity index (χ3v) is 8.75. The van der Waals surface area contributed by atoms with Gasteiger partial charge in [-0.05, 0) is 79.4 Å². The maximum absolute atomic E-state index is 11.0. The summed E-state index contributed by atoms with van der Waals surface area (Å²) in [7, 11) is 0. The van der Waals surface area contributed by atoms with E-state index in [1.54, 1.807) is 0 Å². The number of hydrogen-bond donors (Lipinski definition) is 3. The molecule has 0 aliphatic heterocycles. The number of allylic oxidation sites excluding steroid dienone is 1. The molecule has 4 N–H and O–H groups in total. The van der Waals surface area contributed by atoms with Gasteiger partial charge in [-0.25, -0.2) is 0 Å². The lowest BCUT2D eigenvalue weighted by Crippen LogP contribution is -2.64. The van der Waals surface area contributed by atoms with Gasteiger partial charge in [-0.15, -0.1) is 0 Å². The van der Waals surface area contributed by atoms with Crippen molar-refractivity contribution in [2.75, 3.05) is 0 Å². The summed E-state index contributed by atoms with van der Waals surface area (Å²) in [4.78, 5) is 0. The first-order chi connectivity index (χ1) is 10.8. The molecule has 23 heavy (non-hydrogen) atoms. The summed E-state index contributed by atoms with van der Waals surface area (Å²) >= 11 is 0. The molecule has 4 aliphatic carbocycles. The van der Waals surface area contributed by atoms with Crippen molar-refractivity contribution in [1.29, 1.82) is 0 Å².